The minimum Gasteiger partial charge on any atom is -0.477 e. The molecule has 1 aromatic heterocycles. The van der Waals surface area contributed by atoms with Gasteiger partial charge in [-0.15, -0.1) is 0 Å². The molecule has 3 N–H and O–H groups in total. The summed E-state index contributed by atoms with van der Waals surface area (Å²) in [7, 11) is 0. The van der Waals surface area contributed by atoms with Gasteiger partial charge in [-0.1, -0.05) is 0 Å². The number of nitrogens with zero attached hydrogens (tertiary/aromatic N) is 2. The van der Waals surface area contributed by atoms with Gasteiger partial charge in [-0.05, 0) is 18.9 Å². The third-order valence-electron chi connectivity index (χ3n) is 6.09. The minimum absolute atomic E-state index is 0.00508. The molecule has 3 atom stereocenters. The molecule has 2 aromatic rings. The summed E-state index contributed by atoms with van der Waals surface area (Å²) in [5.74, 6) is -3.17. The number of benzene rings is 1. The largest absolute Gasteiger partial charge is 0.477 e. The van der Waals surface area contributed by atoms with E-state index in [9.17, 15) is 14.7 Å². The molecule has 0 unspecified atom stereocenters. The van der Waals surface area contributed by atoms with E-state index in [0.29, 0.717) is 19.8 Å². The Morgan fingerprint density at radius 2 is 2.04 bits per heavy atom. The molecule has 148 valence electrons. The van der Waals surface area contributed by atoms with Crippen molar-refractivity contribution >= 4 is 22.6 Å². The highest BCUT2D eigenvalue weighted by atomic mass is 19.1. The fourth-order valence-corrected chi connectivity index (χ4v) is 4.53. The number of hydrogen-bond acceptors (Lipinski definition) is 5. The Bertz CT molecular complexity index is 1070. The van der Waals surface area contributed by atoms with Crippen LogP contribution in [0.3, 0.4) is 0 Å². The standard InChI is InChI=1S/C19H19F2N3O4/c20-12-3-9-16(23(8-1-2-8)4-10(18(9)25)19(26)27)15(21)17(12)24-5-13(22)11-6-28-7-14(11)24/h3-4,8,11,13-14H,1-2,5-7,22H2,(H,26,27)/t11-,13+,14-/m1/s1. The average Bonchev–Trinajstić information content (AvgIpc) is 3.28. The Labute approximate surface area is 158 Å². The maximum absolute atomic E-state index is 15.7. The molecule has 9 heteroatoms. The Kier molecular flexibility index (Phi) is 3.76. The van der Waals surface area contributed by atoms with Gasteiger partial charge in [0.2, 0.25) is 5.43 Å². The van der Waals surface area contributed by atoms with E-state index in [1.807, 2.05) is 0 Å². The van der Waals surface area contributed by atoms with Gasteiger partial charge >= 0.3 is 5.97 Å². The van der Waals surface area contributed by atoms with Crippen molar-refractivity contribution in [2.24, 2.45) is 11.7 Å². The predicted octanol–water partition coefficient (Wildman–Crippen LogP) is 1.48. The van der Waals surface area contributed by atoms with Crippen molar-refractivity contribution in [2.75, 3.05) is 24.7 Å². The van der Waals surface area contributed by atoms with Crippen LogP contribution >= 0.6 is 0 Å². The number of rotatable bonds is 3. The van der Waals surface area contributed by atoms with Crippen molar-refractivity contribution in [3.8, 4) is 0 Å². The monoisotopic (exact) mass is 391 g/mol. The average molecular weight is 391 g/mol. The van der Waals surface area contributed by atoms with E-state index in [1.54, 1.807) is 4.90 Å². The van der Waals surface area contributed by atoms with Crippen molar-refractivity contribution < 1.29 is 23.4 Å². The first-order chi connectivity index (χ1) is 13.4. The summed E-state index contributed by atoms with van der Waals surface area (Å²) in [6, 6.07) is 0.367. The van der Waals surface area contributed by atoms with Crippen LogP contribution in [0.1, 0.15) is 29.2 Å². The van der Waals surface area contributed by atoms with Crippen LogP contribution in [-0.4, -0.2) is 47.5 Å². The SMILES string of the molecule is N[C@H]1CN(c2c(F)cc3c(=O)c(C(=O)O)cn(C4CC4)c3c2F)[C@@H]2COC[C@@H]21. The van der Waals surface area contributed by atoms with Gasteiger partial charge in [0, 0.05) is 30.7 Å². The van der Waals surface area contributed by atoms with Crippen molar-refractivity contribution in [3.63, 3.8) is 0 Å². The molecule has 7 nitrogen and oxygen atoms in total. The number of carbonyl (C=O) groups is 1. The molecular weight excluding hydrogens is 372 g/mol. The lowest BCUT2D eigenvalue weighted by atomic mass is 10.0. The number of pyridine rings is 1. The van der Waals surface area contributed by atoms with E-state index >= 15 is 8.78 Å². The summed E-state index contributed by atoms with van der Waals surface area (Å²) in [6.45, 7) is 1.08. The van der Waals surface area contributed by atoms with Gasteiger partial charge in [0.25, 0.3) is 0 Å². The number of nitrogens with two attached hydrogens (primary N) is 1. The van der Waals surface area contributed by atoms with Crippen LogP contribution in [0.5, 0.6) is 0 Å². The zero-order valence-electron chi connectivity index (χ0n) is 14.9. The number of carboxylic acid groups (broad SMARTS) is 1. The van der Waals surface area contributed by atoms with E-state index in [-0.39, 0.29) is 40.6 Å². The zero-order valence-corrected chi connectivity index (χ0v) is 14.9. The first-order valence-corrected chi connectivity index (χ1v) is 9.28. The second kappa shape index (κ2) is 5.99. The Morgan fingerprint density at radius 3 is 2.71 bits per heavy atom. The molecule has 2 aliphatic heterocycles. The van der Waals surface area contributed by atoms with E-state index < -0.39 is 28.6 Å². The molecular formula is C19H19F2N3O4. The topological polar surface area (TPSA) is 97.8 Å². The quantitative estimate of drug-likeness (QED) is 0.823. The number of carboxylic acids is 1. The molecule has 0 bridgehead atoms. The molecule has 0 spiro atoms. The molecule has 1 saturated carbocycles. The zero-order chi connectivity index (χ0) is 19.7. The second-order valence-electron chi connectivity index (χ2n) is 7.82. The summed E-state index contributed by atoms with van der Waals surface area (Å²) in [6.07, 6.45) is 2.67. The van der Waals surface area contributed by atoms with Crippen molar-refractivity contribution in [1.82, 2.24) is 4.57 Å². The third-order valence-corrected chi connectivity index (χ3v) is 6.09. The molecule has 1 aliphatic carbocycles. The van der Waals surface area contributed by atoms with Gasteiger partial charge in [0.05, 0.1) is 30.2 Å². The maximum atomic E-state index is 15.7. The maximum Gasteiger partial charge on any atom is 0.341 e. The summed E-state index contributed by atoms with van der Waals surface area (Å²) < 4.78 is 37.6. The Morgan fingerprint density at radius 1 is 1.29 bits per heavy atom. The van der Waals surface area contributed by atoms with E-state index in [1.165, 1.54) is 10.8 Å². The van der Waals surface area contributed by atoms with Crippen LogP contribution in [0, 0.1) is 17.6 Å². The minimum atomic E-state index is -1.41. The molecule has 0 amide bonds. The van der Waals surface area contributed by atoms with E-state index in [2.05, 4.69) is 0 Å². The summed E-state index contributed by atoms with van der Waals surface area (Å²) >= 11 is 0. The fraction of sp³-hybridized carbons (Fsp3) is 0.474. The molecule has 1 aromatic carbocycles. The van der Waals surface area contributed by atoms with Gasteiger partial charge in [-0.25, -0.2) is 13.6 Å². The highest BCUT2D eigenvalue weighted by Crippen LogP contribution is 2.41. The molecule has 3 heterocycles. The number of ether oxygens (including phenoxy) is 1. The summed E-state index contributed by atoms with van der Waals surface area (Å²) in [5, 5.41) is 9.06. The highest BCUT2D eigenvalue weighted by Gasteiger charge is 2.46. The van der Waals surface area contributed by atoms with Gasteiger partial charge in [0.15, 0.2) is 5.82 Å². The second-order valence-corrected chi connectivity index (χ2v) is 7.82. The lowest BCUT2D eigenvalue weighted by Crippen LogP contribution is -2.34. The van der Waals surface area contributed by atoms with Gasteiger partial charge < -0.3 is 25.0 Å². The number of aromatic nitrogens is 1. The lowest BCUT2D eigenvalue weighted by Gasteiger charge is -2.27. The molecule has 5 rings (SSSR count). The van der Waals surface area contributed by atoms with Crippen LogP contribution in [0.4, 0.5) is 14.5 Å². The number of fused-ring (bicyclic) bond motifs is 2. The van der Waals surface area contributed by atoms with Crippen molar-refractivity contribution in [2.45, 2.75) is 31.0 Å². The van der Waals surface area contributed by atoms with Crippen LogP contribution < -0.4 is 16.1 Å². The first kappa shape index (κ1) is 17.6. The van der Waals surface area contributed by atoms with Crippen LogP contribution in [0.25, 0.3) is 10.9 Å². The first-order valence-electron chi connectivity index (χ1n) is 9.28. The van der Waals surface area contributed by atoms with Gasteiger partial charge in [-0.2, -0.15) is 0 Å². The normalized spacial score (nSPS) is 26.8. The molecule has 2 saturated heterocycles. The summed E-state index contributed by atoms with van der Waals surface area (Å²) in [5.41, 5.74) is 4.49. The van der Waals surface area contributed by atoms with Crippen molar-refractivity contribution in [1.29, 1.82) is 0 Å². The number of anilines is 1. The number of aromatic carboxylic acids is 1. The number of halogens is 2. The van der Waals surface area contributed by atoms with Crippen LogP contribution in [0.15, 0.2) is 17.1 Å². The molecule has 3 fully saturated rings. The van der Waals surface area contributed by atoms with Crippen LogP contribution in [-0.2, 0) is 4.74 Å². The van der Waals surface area contributed by atoms with Gasteiger partial charge in [0.1, 0.15) is 17.1 Å². The van der Waals surface area contributed by atoms with Gasteiger partial charge in [-0.3, -0.25) is 4.79 Å². The van der Waals surface area contributed by atoms with E-state index in [4.69, 9.17) is 10.5 Å². The van der Waals surface area contributed by atoms with Crippen molar-refractivity contribution in [3.05, 3.63) is 39.7 Å². The number of hydrogen-bond donors (Lipinski definition) is 2. The molecule has 0 radical (unpaired) electrons. The smallest absolute Gasteiger partial charge is 0.341 e. The Balaban J connectivity index is 1.77. The molecule has 3 aliphatic rings. The molecule has 28 heavy (non-hydrogen) atoms. The third kappa shape index (κ3) is 2.39. The highest BCUT2D eigenvalue weighted by molar-refractivity contribution is 5.94. The Hall–Kier alpha value is -2.52. The van der Waals surface area contributed by atoms with Crippen LogP contribution in [0.2, 0.25) is 0 Å². The lowest BCUT2D eigenvalue weighted by molar-refractivity contribution is 0.0694. The summed E-state index contributed by atoms with van der Waals surface area (Å²) in [4.78, 5) is 25.6. The fourth-order valence-electron chi connectivity index (χ4n) is 4.53. The van der Waals surface area contributed by atoms with E-state index in [0.717, 1.165) is 18.9 Å². The predicted molar refractivity (Wildman–Crippen MR) is 96.8 cm³/mol.